The lowest BCUT2D eigenvalue weighted by molar-refractivity contribution is 0.0735. The minimum absolute atomic E-state index is 0.370. The number of methoxy groups -OCH3 is 1. The monoisotopic (exact) mass is 366 g/mol. The summed E-state index contributed by atoms with van der Waals surface area (Å²) in [6.45, 7) is 2.03. The Morgan fingerprint density at radius 1 is 1.12 bits per heavy atom. The molecule has 5 nitrogen and oxygen atoms in total. The van der Waals surface area contributed by atoms with Crippen LogP contribution in [-0.4, -0.2) is 19.3 Å². The molecule has 0 aliphatic carbocycles. The molecule has 0 aliphatic heterocycles. The number of aryl methyl sites for hydroxylation is 1. The third-order valence-electron chi connectivity index (χ3n) is 3.57. The Labute approximate surface area is 155 Å². The van der Waals surface area contributed by atoms with Crippen LogP contribution in [0, 0.1) is 6.92 Å². The van der Waals surface area contributed by atoms with E-state index in [0.717, 1.165) is 11.3 Å². The molecule has 6 heteroatoms. The number of nitrogens with one attached hydrogen (secondary N) is 1. The molecular weight excluding hydrogens is 348 g/mol. The van der Waals surface area contributed by atoms with Crippen molar-refractivity contribution >= 4 is 29.2 Å². The lowest BCUT2D eigenvalue weighted by Gasteiger charge is -2.09. The average Bonchev–Trinajstić information content (AvgIpc) is 3.19. The van der Waals surface area contributed by atoms with Crippen LogP contribution in [0.2, 0.25) is 0 Å². The van der Waals surface area contributed by atoms with Crippen LogP contribution >= 0.6 is 11.3 Å². The Morgan fingerprint density at radius 2 is 1.92 bits per heavy atom. The average molecular weight is 366 g/mol. The van der Waals surface area contributed by atoms with Crippen molar-refractivity contribution < 1.29 is 14.3 Å². The van der Waals surface area contributed by atoms with Crippen LogP contribution in [0.15, 0.2) is 65.1 Å². The summed E-state index contributed by atoms with van der Waals surface area (Å²) in [6, 6.07) is 16.7. The smallest absolute Gasteiger partial charge is 0.353 e. The zero-order valence-electron chi connectivity index (χ0n) is 14.4. The third-order valence-corrected chi connectivity index (χ3v) is 4.42. The zero-order chi connectivity index (χ0) is 18.4. The highest BCUT2D eigenvalue weighted by Crippen LogP contribution is 2.28. The quantitative estimate of drug-likeness (QED) is 0.296. The van der Waals surface area contributed by atoms with E-state index >= 15 is 0 Å². The summed E-state index contributed by atoms with van der Waals surface area (Å²) in [4.78, 5) is 12.6. The Kier molecular flexibility index (Phi) is 5.66. The van der Waals surface area contributed by atoms with Crippen molar-refractivity contribution in [3.8, 4) is 11.5 Å². The zero-order valence-corrected chi connectivity index (χ0v) is 15.2. The van der Waals surface area contributed by atoms with Crippen molar-refractivity contribution in [3.63, 3.8) is 0 Å². The number of hydrogen-bond acceptors (Lipinski definition) is 6. The second-order valence-electron chi connectivity index (χ2n) is 5.51. The number of hydrazone groups is 1. The fraction of sp³-hybridized carbons (Fsp3) is 0.100. The summed E-state index contributed by atoms with van der Waals surface area (Å²) < 4.78 is 10.7. The molecule has 0 atom stereocenters. The molecule has 0 bridgehead atoms. The first kappa shape index (κ1) is 17.7. The summed E-state index contributed by atoms with van der Waals surface area (Å²) in [5, 5.41) is 6.04. The van der Waals surface area contributed by atoms with E-state index in [1.54, 1.807) is 36.5 Å². The maximum Gasteiger partial charge on any atom is 0.353 e. The molecule has 0 aliphatic rings. The molecule has 26 heavy (non-hydrogen) atoms. The van der Waals surface area contributed by atoms with Gasteiger partial charge in [0.1, 0.15) is 4.88 Å². The molecular formula is C20H18N2O3S. The van der Waals surface area contributed by atoms with E-state index in [4.69, 9.17) is 9.47 Å². The summed E-state index contributed by atoms with van der Waals surface area (Å²) in [5.74, 6) is 0.435. The highest BCUT2D eigenvalue weighted by molar-refractivity contribution is 7.12. The topological polar surface area (TPSA) is 59.9 Å². The number of thiophene rings is 1. The van der Waals surface area contributed by atoms with Crippen molar-refractivity contribution in [1.29, 1.82) is 0 Å². The predicted octanol–water partition coefficient (Wildman–Crippen LogP) is 4.73. The molecule has 3 aromatic rings. The molecule has 132 valence electrons. The van der Waals surface area contributed by atoms with Gasteiger partial charge in [0.25, 0.3) is 0 Å². The number of rotatable bonds is 6. The number of hydrogen-bond donors (Lipinski definition) is 1. The first-order chi connectivity index (χ1) is 12.7. The number of nitrogens with zero attached hydrogens (tertiary/aromatic N) is 1. The summed E-state index contributed by atoms with van der Waals surface area (Å²) in [6.07, 6.45) is 1.67. The molecule has 0 amide bonds. The Bertz CT molecular complexity index is 903. The largest absolute Gasteiger partial charge is 0.493 e. The van der Waals surface area contributed by atoms with Gasteiger partial charge < -0.3 is 9.47 Å². The third kappa shape index (κ3) is 4.49. The SMILES string of the molecule is COc1cc(C=NNc2ccc(C)cc2)ccc1OC(=O)c1cccs1. The van der Waals surface area contributed by atoms with Gasteiger partial charge >= 0.3 is 5.97 Å². The molecule has 1 heterocycles. The highest BCUT2D eigenvalue weighted by Gasteiger charge is 2.13. The first-order valence-corrected chi connectivity index (χ1v) is 8.83. The van der Waals surface area contributed by atoms with E-state index in [1.165, 1.54) is 24.0 Å². The lowest BCUT2D eigenvalue weighted by atomic mass is 10.2. The summed E-state index contributed by atoms with van der Waals surface area (Å²) >= 11 is 1.33. The summed E-state index contributed by atoms with van der Waals surface area (Å²) in [5.41, 5.74) is 5.88. The van der Waals surface area contributed by atoms with Crippen LogP contribution in [-0.2, 0) is 0 Å². The van der Waals surface area contributed by atoms with Crippen LogP contribution < -0.4 is 14.9 Å². The second kappa shape index (κ2) is 8.31. The van der Waals surface area contributed by atoms with Gasteiger partial charge in [-0.2, -0.15) is 5.10 Å². The van der Waals surface area contributed by atoms with Crippen molar-refractivity contribution in [2.45, 2.75) is 6.92 Å². The van der Waals surface area contributed by atoms with Gasteiger partial charge in [-0.05, 0) is 54.3 Å². The van der Waals surface area contributed by atoms with Crippen LogP contribution in [0.25, 0.3) is 0 Å². The number of esters is 1. The van der Waals surface area contributed by atoms with Crippen LogP contribution in [0.1, 0.15) is 20.8 Å². The number of ether oxygens (including phenoxy) is 2. The molecule has 0 unspecified atom stereocenters. The predicted molar refractivity (Wildman–Crippen MR) is 105 cm³/mol. The Balaban J connectivity index is 1.68. The van der Waals surface area contributed by atoms with E-state index in [9.17, 15) is 4.79 Å². The number of carbonyl (C=O) groups is 1. The van der Waals surface area contributed by atoms with Gasteiger partial charge in [-0.1, -0.05) is 23.8 Å². The minimum atomic E-state index is -0.402. The highest BCUT2D eigenvalue weighted by atomic mass is 32.1. The molecule has 0 saturated carbocycles. The lowest BCUT2D eigenvalue weighted by Crippen LogP contribution is -2.07. The molecule has 0 radical (unpaired) electrons. The van der Waals surface area contributed by atoms with Crippen LogP contribution in [0.3, 0.4) is 0 Å². The van der Waals surface area contributed by atoms with Gasteiger partial charge in [0, 0.05) is 0 Å². The van der Waals surface area contributed by atoms with E-state index in [0.29, 0.717) is 16.4 Å². The van der Waals surface area contributed by atoms with Gasteiger partial charge in [0.2, 0.25) is 0 Å². The fourth-order valence-corrected chi connectivity index (χ4v) is 2.80. The molecule has 3 rings (SSSR count). The van der Waals surface area contributed by atoms with E-state index in [2.05, 4.69) is 10.5 Å². The van der Waals surface area contributed by atoms with Crippen molar-refractivity contribution in [1.82, 2.24) is 0 Å². The summed E-state index contributed by atoms with van der Waals surface area (Å²) in [7, 11) is 1.53. The normalized spacial score (nSPS) is 10.7. The molecule has 1 aromatic heterocycles. The fourth-order valence-electron chi connectivity index (χ4n) is 2.20. The van der Waals surface area contributed by atoms with Gasteiger partial charge in [0.15, 0.2) is 11.5 Å². The molecule has 1 N–H and O–H groups in total. The van der Waals surface area contributed by atoms with Crippen molar-refractivity contribution in [3.05, 3.63) is 76.0 Å². The molecule has 0 spiro atoms. The number of anilines is 1. The first-order valence-electron chi connectivity index (χ1n) is 7.95. The number of benzene rings is 2. The van der Waals surface area contributed by atoms with E-state index < -0.39 is 5.97 Å². The van der Waals surface area contributed by atoms with Crippen LogP contribution in [0.4, 0.5) is 5.69 Å². The van der Waals surface area contributed by atoms with Gasteiger partial charge in [0.05, 0.1) is 19.0 Å². The molecule has 0 fully saturated rings. The minimum Gasteiger partial charge on any atom is -0.493 e. The van der Waals surface area contributed by atoms with Gasteiger partial charge in [-0.25, -0.2) is 4.79 Å². The second-order valence-corrected chi connectivity index (χ2v) is 6.46. The number of carbonyl (C=O) groups excluding carboxylic acids is 1. The van der Waals surface area contributed by atoms with Gasteiger partial charge in [-0.15, -0.1) is 11.3 Å². The van der Waals surface area contributed by atoms with E-state index in [-0.39, 0.29) is 0 Å². The van der Waals surface area contributed by atoms with Crippen molar-refractivity contribution in [2.75, 3.05) is 12.5 Å². The van der Waals surface area contributed by atoms with Gasteiger partial charge in [-0.3, -0.25) is 5.43 Å². The maximum atomic E-state index is 12.1. The molecule has 2 aromatic carbocycles. The Hall–Kier alpha value is -3.12. The van der Waals surface area contributed by atoms with Crippen LogP contribution in [0.5, 0.6) is 11.5 Å². The standard InChI is InChI=1S/C20H18N2O3S/c1-14-5-8-16(9-6-14)22-21-13-15-7-10-17(18(12-15)24-2)25-20(23)19-4-3-11-26-19/h3-13,22H,1-2H3. The maximum absolute atomic E-state index is 12.1. The molecule has 0 saturated heterocycles. The van der Waals surface area contributed by atoms with Crippen molar-refractivity contribution in [2.24, 2.45) is 5.10 Å². The van der Waals surface area contributed by atoms with E-state index in [1.807, 2.05) is 36.6 Å². The Morgan fingerprint density at radius 3 is 2.62 bits per heavy atom.